The topological polar surface area (TPSA) is 43.4 Å². The number of benzene rings is 2. The van der Waals surface area contributed by atoms with Gasteiger partial charge in [0.1, 0.15) is 4.90 Å². The maximum atomic E-state index is 12.2. The molecular formula is C14H14Cl2O3S. The summed E-state index contributed by atoms with van der Waals surface area (Å²) in [5, 5.41) is 1.79. The van der Waals surface area contributed by atoms with Crippen molar-refractivity contribution in [2.24, 2.45) is 0 Å². The lowest BCUT2D eigenvalue weighted by Crippen LogP contribution is -2.08. The van der Waals surface area contributed by atoms with Crippen LogP contribution in [-0.2, 0) is 14.3 Å². The van der Waals surface area contributed by atoms with E-state index in [9.17, 15) is 8.42 Å². The molecule has 2 rings (SSSR count). The summed E-state index contributed by atoms with van der Waals surface area (Å²) < 4.78 is 29.3. The Bertz CT molecular complexity index is 727. The van der Waals surface area contributed by atoms with Gasteiger partial charge in [0.05, 0.1) is 11.6 Å². The van der Waals surface area contributed by atoms with Crippen LogP contribution in [0.25, 0.3) is 10.8 Å². The van der Waals surface area contributed by atoms with Crippen molar-refractivity contribution < 1.29 is 12.6 Å². The van der Waals surface area contributed by atoms with Crippen molar-refractivity contribution in [2.45, 2.75) is 24.7 Å². The minimum atomic E-state index is -3.89. The van der Waals surface area contributed by atoms with Crippen molar-refractivity contribution in [2.75, 3.05) is 6.61 Å². The van der Waals surface area contributed by atoms with Gasteiger partial charge >= 0.3 is 0 Å². The molecule has 0 aliphatic heterocycles. The van der Waals surface area contributed by atoms with Crippen LogP contribution >= 0.6 is 23.2 Å². The summed E-state index contributed by atoms with van der Waals surface area (Å²) >= 11 is 12.3. The highest BCUT2D eigenvalue weighted by Gasteiger charge is 2.22. The second-order valence-corrected chi connectivity index (χ2v) is 6.71. The second kappa shape index (κ2) is 6.31. The summed E-state index contributed by atoms with van der Waals surface area (Å²) in [6.45, 7) is 2.09. The van der Waals surface area contributed by atoms with Crippen molar-refractivity contribution in [1.29, 1.82) is 0 Å². The van der Waals surface area contributed by atoms with E-state index in [1.165, 1.54) is 6.07 Å². The predicted molar refractivity (Wildman–Crippen MR) is 82.0 cm³/mol. The molecular weight excluding hydrogens is 319 g/mol. The molecule has 6 heteroatoms. The molecule has 0 atom stereocenters. The number of hydrogen-bond donors (Lipinski definition) is 0. The maximum Gasteiger partial charge on any atom is 0.298 e. The first-order valence-electron chi connectivity index (χ1n) is 6.23. The molecule has 3 nitrogen and oxygen atoms in total. The molecule has 0 saturated carbocycles. The van der Waals surface area contributed by atoms with Gasteiger partial charge in [0, 0.05) is 15.8 Å². The third kappa shape index (κ3) is 3.09. The number of halogens is 2. The molecule has 0 saturated heterocycles. The first kappa shape index (κ1) is 15.6. The average molecular weight is 333 g/mol. The Labute approximate surface area is 128 Å². The van der Waals surface area contributed by atoms with Crippen LogP contribution in [-0.4, -0.2) is 15.0 Å². The molecule has 0 aliphatic carbocycles. The SMILES string of the molecule is CCCCOS(=O)(=O)c1cc(Cl)c2ccccc2c1Cl. The predicted octanol–water partition coefficient (Wildman–Crippen LogP) is 4.65. The van der Waals surface area contributed by atoms with Crippen molar-refractivity contribution in [3.05, 3.63) is 40.4 Å². The van der Waals surface area contributed by atoms with Gasteiger partial charge in [0.15, 0.2) is 0 Å². The Morgan fingerprint density at radius 3 is 2.45 bits per heavy atom. The summed E-state index contributed by atoms with van der Waals surface area (Å²) in [5.74, 6) is 0. The van der Waals surface area contributed by atoms with E-state index >= 15 is 0 Å². The van der Waals surface area contributed by atoms with E-state index in [1.54, 1.807) is 18.2 Å². The average Bonchev–Trinajstić information content (AvgIpc) is 2.43. The Hall–Kier alpha value is -0.810. The summed E-state index contributed by atoms with van der Waals surface area (Å²) in [5.41, 5.74) is 0. The Morgan fingerprint density at radius 2 is 1.80 bits per heavy atom. The Morgan fingerprint density at radius 1 is 1.15 bits per heavy atom. The van der Waals surface area contributed by atoms with Crippen molar-refractivity contribution in [3.63, 3.8) is 0 Å². The highest BCUT2D eigenvalue weighted by atomic mass is 35.5. The lowest BCUT2D eigenvalue weighted by atomic mass is 10.1. The molecule has 2 aromatic carbocycles. The van der Waals surface area contributed by atoms with Gasteiger partial charge in [-0.1, -0.05) is 60.8 Å². The standard InChI is InChI=1S/C14H14Cl2O3S/c1-2-3-8-19-20(17,18)13-9-12(15)10-6-4-5-7-11(10)14(13)16/h4-7,9H,2-3,8H2,1H3. The third-order valence-corrected chi connectivity index (χ3v) is 5.07. The fourth-order valence-corrected chi connectivity index (χ4v) is 3.73. The van der Waals surface area contributed by atoms with Gasteiger partial charge < -0.3 is 0 Å². The second-order valence-electron chi connectivity index (χ2n) is 4.35. The molecule has 0 fully saturated rings. The van der Waals surface area contributed by atoms with Gasteiger partial charge in [-0.05, 0) is 12.5 Å². The van der Waals surface area contributed by atoms with Gasteiger partial charge in [0.2, 0.25) is 0 Å². The van der Waals surface area contributed by atoms with Gasteiger partial charge in [0.25, 0.3) is 10.1 Å². The molecule has 20 heavy (non-hydrogen) atoms. The Kier molecular flexibility index (Phi) is 4.91. The molecule has 108 valence electrons. The maximum absolute atomic E-state index is 12.2. The first-order valence-corrected chi connectivity index (χ1v) is 8.40. The van der Waals surface area contributed by atoms with Gasteiger partial charge in [-0.3, -0.25) is 4.18 Å². The fraction of sp³-hybridized carbons (Fsp3) is 0.286. The van der Waals surface area contributed by atoms with E-state index in [-0.39, 0.29) is 16.5 Å². The number of fused-ring (bicyclic) bond motifs is 1. The van der Waals surface area contributed by atoms with E-state index in [1.807, 2.05) is 13.0 Å². The van der Waals surface area contributed by atoms with E-state index in [2.05, 4.69) is 0 Å². The quantitative estimate of drug-likeness (QED) is 0.591. The van der Waals surface area contributed by atoms with Crippen LogP contribution < -0.4 is 0 Å². The van der Waals surface area contributed by atoms with Crippen LogP contribution in [0.15, 0.2) is 35.2 Å². The molecule has 0 amide bonds. The van der Waals surface area contributed by atoms with E-state index < -0.39 is 10.1 Å². The summed E-state index contributed by atoms with van der Waals surface area (Å²) in [6.07, 6.45) is 1.51. The molecule has 0 spiro atoms. The highest BCUT2D eigenvalue weighted by Crippen LogP contribution is 2.36. The molecule has 0 aliphatic rings. The van der Waals surface area contributed by atoms with E-state index in [4.69, 9.17) is 27.4 Å². The number of unbranched alkanes of at least 4 members (excludes halogenated alkanes) is 1. The summed E-state index contributed by atoms with van der Waals surface area (Å²) in [7, 11) is -3.89. The zero-order valence-corrected chi connectivity index (χ0v) is 13.2. The van der Waals surface area contributed by atoms with Crippen LogP contribution in [0.3, 0.4) is 0 Å². The lowest BCUT2D eigenvalue weighted by molar-refractivity contribution is 0.311. The van der Waals surface area contributed by atoms with E-state index in [0.29, 0.717) is 22.2 Å². The largest absolute Gasteiger partial charge is 0.298 e. The summed E-state index contributed by atoms with van der Waals surface area (Å²) in [6, 6.07) is 8.45. The number of rotatable bonds is 5. The smallest absolute Gasteiger partial charge is 0.266 e. The molecule has 2 aromatic rings. The van der Waals surface area contributed by atoms with Crippen LogP contribution in [0.4, 0.5) is 0 Å². The molecule has 0 heterocycles. The minimum Gasteiger partial charge on any atom is -0.266 e. The normalized spacial score (nSPS) is 11.9. The van der Waals surface area contributed by atoms with Crippen LogP contribution in [0, 0.1) is 0 Å². The summed E-state index contributed by atoms with van der Waals surface area (Å²) in [4.78, 5) is -0.0843. The molecule has 0 radical (unpaired) electrons. The lowest BCUT2D eigenvalue weighted by Gasteiger charge is -2.10. The molecule has 0 N–H and O–H groups in total. The van der Waals surface area contributed by atoms with Crippen molar-refractivity contribution in [3.8, 4) is 0 Å². The minimum absolute atomic E-state index is 0.0843. The van der Waals surface area contributed by atoms with Gasteiger partial charge in [-0.25, -0.2) is 0 Å². The molecule has 0 aromatic heterocycles. The van der Waals surface area contributed by atoms with Crippen LogP contribution in [0.1, 0.15) is 19.8 Å². The van der Waals surface area contributed by atoms with Gasteiger partial charge in [-0.2, -0.15) is 8.42 Å². The van der Waals surface area contributed by atoms with Crippen molar-refractivity contribution >= 4 is 44.1 Å². The van der Waals surface area contributed by atoms with E-state index in [0.717, 1.165) is 6.42 Å². The fourth-order valence-electron chi connectivity index (χ4n) is 1.83. The third-order valence-electron chi connectivity index (χ3n) is 2.90. The van der Waals surface area contributed by atoms with Gasteiger partial charge in [-0.15, -0.1) is 0 Å². The van der Waals surface area contributed by atoms with Crippen LogP contribution in [0.5, 0.6) is 0 Å². The van der Waals surface area contributed by atoms with Crippen molar-refractivity contribution in [1.82, 2.24) is 0 Å². The molecule has 0 bridgehead atoms. The number of hydrogen-bond acceptors (Lipinski definition) is 3. The zero-order chi connectivity index (χ0) is 14.8. The molecule has 0 unspecified atom stereocenters. The Balaban J connectivity index is 2.52. The first-order chi connectivity index (χ1) is 9.47. The van der Waals surface area contributed by atoms with Crippen LogP contribution in [0.2, 0.25) is 10.0 Å². The highest BCUT2D eigenvalue weighted by molar-refractivity contribution is 7.87. The monoisotopic (exact) mass is 332 g/mol. The zero-order valence-electron chi connectivity index (χ0n) is 10.9.